The van der Waals surface area contributed by atoms with E-state index >= 15 is 0 Å². The first kappa shape index (κ1) is 19.5. The second kappa shape index (κ2) is 9.07. The van der Waals surface area contributed by atoms with Crippen LogP contribution < -0.4 is 11.1 Å². The Bertz CT molecular complexity index is 768. The number of nitrogens with two attached hydrogens (primary N) is 1. The molecule has 3 N–H and O–H groups in total. The molecule has 1 saturated carbocycles. The molecular formula is C18H25N5O3S. The van der Waals surface area contributed by atoms with Gasteiger partial charge in [-0.15, -0.1) is 10.2 Å². The molecule has 8 nitrogen and oxygen atoms in total. The van der Waals surface area contributed by atoms with Crippen molar-refractivity contribution in [2.75, 3.05) is 0 Å². The lowest BCUT2D eigenvalue weighted by atomic mass is 10.2. The molecule has 1 aliphatic rings. The second-order valence-corrected chi connectivity index (χ2v) is 8.09. The van der Waals surface area contributed by atoms with Crippen molar-refractivity contribution in [3.63, 3.8) is 0 Å². The van der Waals surface area contributed by atoms with E-state index in [1.54, 1.807) is 6.26 Å². The Kier molecular flexibility index (Phi) is 6.54. The fourth-order valence-corrected chi connectivity index (χ4v) is 4.02. The zero-order chi connectivity index (χ0) is 19.2. The van der Waals surface area contributed by atoms with Crippen LogP contribution in [0.2, 0.25) is 0 Å². The van der Waals surface area contributed by atoms with Crippen molar-refractivity contribution in [1.82, 2.24) is 20.1 Å². The molecular weight excluding hydrogens is 366 g/mol. The van der Waals surface area contributed by atoms with Crippen LogP contribution in [0, 0.1) is 0 Å². The number of nitrogens with zero attached hydrogens (tertiary/aromatic N) is 3. The van der Waals surface area contributed by atoms with Crippen molar-refractivity contribution < 1.29 is 14.0 Å². The molecule has 1 fully saturated rings. The van der Waals surface area contributed by atoms with E-state index in [9.17, 15) is 9.59 Å². The zero-order valence-corrected chi connectivity index (χ0v) is 16.2. The highest BCUT2D eigenvalue weighted by Gasteiger charge is 2.24. The monoisotopic (exact) mass is 391 g/mol. The third kappa shape index (κ3) is 5.35. The Morgan fingerprint density at radius 3 is 2.85 bits per heavy atom. The standard InChI is InChI=1S/C18H25N5O3S/c1-12(17(25)20-13-5-2-3-6-13)27-18-22-21-16(9-8-15(19)24)23(18)11-14-7-4-10-26-14/h4,7,10,12-13H,2-3,5-6,8-9,11H2,1H3,(H2,19,24)(H,20,25). The van der Waals surface area contributed by atoms with E-state index in [1.165, 1.54) is 24.6 Å². The van der Waals surface area contributed by atoms with Crippen molar-refractivity contribution in [2.45, 2.75) is 68.4 Å². The molecule has 3 rings (SSSR count). The second-order valence-electron chi connectivity index (χ2n) is 6.78. The van der Waals surface area contributed by atoms with Gasteiger partial charge in [-0.1, -0.05) is 24.6 Å². The van der Waals surface area contributed by atoms with Gasteiger partial charge in [0, 0.05) is 18.9 Å². The number of hydrogen-bond donors (Lipinski definition) is 2. The van der Waals surface area contributed by atoms with Gasteiger partial charge in [0.25, 0.3) is 0 Å². The molecule has 1 atom stereocenters. The minimum atomic E-state index is -0.388. The number of primary amides is 1. The molecule has 0 saturated heterocycles. The first-order valence-corrected chi connectivity index (χ1v) is 10.1. The van der Waals surface area contributed by atoms with Crippen LogP contribution >= 0.6 is 11.8 Å². The smallest absolute Gasteiger partial charge is 0.233 e. The van der Waals surface area contributed by atoms with Gasteiger partial charge in [-0.05, 0) is 31.9 Å². The molecule has 2 heterocycles. The van der Waals surface area contributed by atoms with E-state index in [2.05, 4.69) is 15.5 Å². The van der Waals surface area contributed by atoms with Gasteiger partial charge in [0.15, 0.2) is 5.16 Å². The number of thioether (sulfide) groups is 1. The van der Waals surface area contributed by atoms with E-state index in [0.29, 0.717) is 23.9 Å². The summed E-state index contributed by atoms with van der Waals surface area (Å²) >= 11 is 1.36. The van der Waals surface area contributed by atoms with Gasteiger partial charge in [0.2, 0.25) is 11.8 Å². The zero-order valence-electron chi connectivity index (χ0n) is 15.4. The number of furan rings is 1. The molecule has 146 valence electrons. The lowest BCUT2D eigenvalue weighted by Gasteiger charge is -2.16. The van der Waals surface area contributed by atoms with Crippen molar-refractivity contribution in [1.29, 1.82) is 0 Å². The van der Waals surface area contributed by atoms with E-state index < -0.39 is 0 Å². The SMILES string of the molecule is CC(Sc1nnc(CCC(N)=O)n1Cc1ccco1)C(=O)NC1CCCC1. The molecule has 2 aromatic rings. The van der Waals surface area contributed by atoms with Gasteiger partial charge < -0.3 is 15.5 Å². The van der Waals surface area contributed by atoms with Crippen LogP contribution in [-0.2, 0) is 22.6 Å². The molecule has 1 unspecified atom stereocenters. The highest BCUT2D eigenvalue weighted by atomic mass is 32.2. The van der Waals surface area contributed by atoms with Gasteiger partial charge in [0.05, 0.1) is 18.1 Å². The molecule has 1 aliphatic carbocycles. The highest BCUT2D eigenvalue weighted by molar-refractivity contribution is 8.00. The van der Waals surface area contributed by atoms with Gasteiger partial charge in [0.1, 0.15) is 11.6 Å². The van der Waals surface area contributed by atoms with Crippen molar-refractivity contribution >= 4 is 23.6 Å². The maximum absolute atomic E-state index is 12.5. The molecule has 2 aromatic heterocycles. The lowest BCUT2D eigenvalue weighted by molar-refractivity contribution is -0.121. The lowest BCUT2D eigenvalue weighted by Crippen LogP contribution is -2.37. The van der Waals surface area contributed by atoms with Gasteiger partial charge in [-0.2, -0.15) is 0 Å². The summed E-state index contributed by atoms with van der Waals surface area (Å²) in [6.07, 6.45) is 6.64. The van der Waals surface area contributed by atoms with Crippen LogP contribution in [0.5, 0.6) is 0 Å². The Balaban J connectivity index is 1.70. The highest BCUT2D eigenvalue weighted by Crippen LogP contribution is 2.25. The Hall–Kier alpha value is -2.29. The molecule has 0 bridgehead atoms. The summed E-state index contributed by atoms with van der Waals surface area (Å²) in [5.41, 5.74) is 5.26. The Morgan fingerprint density at radius 2 is 2.19 bits per heavy atom. The minimum absolute atomic E-state index is 0.0122. The number of carbonyl (C=O) groups is 2. The first-order valence-electron chi connectivity index (χ1n) is 9.22. The summed E-state index contributed by atoms with van der Waals surface area (Å²) in [6.45, 7) is 2.30. The Labute approximate surface area is 162 Å². The van der Waals surface area contributed by atoms with Crippen LogP contribution in [0.3, 0.4) is 0 Å². The Morgan fingerprint density at radius 1 is 1.41 bits per heavy atom. The number of rotatable bonds is 9. The summed E-state index contributed by atoms with van der Waals surface area (Å²) in [4.78, 5) is 23.6. The average molecular weight is 391 g/mol. The van der Waals surface area contributed by atoms with Crippen molar-refractivity contribution in [3.8, 4) is 0 Å². The average Bonchev–Trinajstić information content (AvgIpc) is 3.37. The van der Waals surface area contributed by atoms with Gasteiger partial charge in [-0.25, -0.2) is 0 Å². The molecule has 0 aliphatic heterocycles. The number of nitrogens with one attached hydrogen (secondary N) is 1. The summed E-state index contributed by atoms with van der Waals surface area (Å²) in [7, 11) is 0. The number of amides is 2. The van der Waals surface area contributed by atoms with Crippen molar-refractivity contribution in [2.24, 2.45) is 5.73 Å². The topological polar surface area (TPSA) is 116 Å². The fraction of sp³-hybridized carbons (Fsp3) is 0.556. The number of hydrogen-bond acceptors (Lipinski definition) is 6. The van der Waals surface area contributed by atoms with Gasteiger partial charge >= 0.3 is 0 Å². The predicted octanol–water partition coefficient (Wildman–Crippen LogP) is 1.88. The third-order valence-corrected chi connectivity index (χ3v) is 5.72. The molecule has 0 radical (unpaired) electrons. The van der Waals surface area contributed by atoms with Crippen LogP contribution in [0.25, 0.3) is 0 Å². The summed E-state index contributed by atoms with van der Waals surface area (Å²) in [5, 5.41) is 11.9. The van der Waals surface area contributed by atoms with Crippen LogP contribution in [0.15, 0.2) is 28.0 Å². The molecule has 27 heavy (non-hydrogen) atoms. The summed E-state index contributed by atoms with van der Waals surface area (Å²) in [6, 6.07) is 3.96. The maximum Gasteiger partial charge on any atom is 0.233 e. The first-order chi connectivity index (χ1) is 13.0. The van der Waals surface area contributed by atoms with Crippen LogP contribution in [0.1, 0.15) is 50.6 Å². The number of aromatic nitrogens is 3. The molecule has 0 spiro atoms. The van der Waals surface area contributed by atoms with Crippen LogP contribution in [0.4, 0.5) is 0 Å². The molecule has 2 amide bonds. The molecule has 9 heteroatoms. The summed E-state index contributed by atoms with van der Waals surface area (Å²) < 4.78 is 7.31. The van der Waals surface area contributed by atoms with E-state index in [-0.39, 0.29) is 29.5 Å². The van der Waals surface area contributed by atoms with E-state index in [4.69, 9.17) is 10.2 Å². The van der Waals surface area contributed by atoms with E-state index in [0.717, 1.165) is 18.6 Å². The fourth-order valence-electron chi connectivity index (χ4n) is 3.14. The largest absolute Gasteiger partial charge is 0.467 e. The number of aryl methyl sites for hydroxylation is 1. The summed E-state index contributed by atoms with van der Waals surface area (Å²) in [5.74, 6) is 1.02. The quantitative estimate of drug-likeness (QED) is 0.631. The molecule has 0 aromatic carbocycles. The van der Waals surface area contributed by atoms with Crippen LogP contribution in [-0.4, -0.2) is 37.9 Å². The minimum Gasteiger partial charge on any atom is -0.467 e. The predicted molar refractivity (Wildman–Crippen MR) is 101 cm³/mol. The normalized spacial score (nSPS) is 15.7. The van der Waals surface area contributed by atoms with Gasteiger partial charge in [-0.3, -0.25) is 14.2 Å². The van der Waals surface area contributed by atoms with E-state index in [1.807, 2.05) is 23.6 Å². The van der Waals surface area contributed by atoms with Crippen molar-refractivity contribution in [3.05, 3.63) is 30.0 Å². The number of carbonyl (C=O) groups excluding carboxylic acids is 2. The third-order valence-electron chi connectivity index (χ3n) is 4.64. The maximum atomic E-state index is 12.5.